The smallest absolute Gasteiger partial charge is 0.233 e. The lowest BCUT2D eigenvalue weighted by molar-refractivity contribution is -0.129. The molecule has 1 fully saturated rings. The van der Waals surface area contributed by atoms with Crippen molar-refractivity contribution in [2.75, 3.05) is 6.54 Å². The predicted octanol–water partition coefficient (Wildman–Crippen LogP) is 1.50. The van der Waals surface area contributed by atoms with E-state index in [4.69, 9.17) is 10.9 Å². The van der Waals surface area contributed by atoms with Crippen molar-refractivity contribution in [1.82, 2.24) is 10.3 Å². The quantitative estimate of drug-likeness (QED) is 0.332. The van der Waals surface area contributed by atoms with Crippen molar-refractivity contribution < 1.29 is 10.0 Å². The van der Waals surface area contributed by atoms with E-state index in [1.807, 2.05) is 5.38 Å². The number of hydrogen-bond acceptors (Lipinski definition) is 5. The van der Waals surface area contributed by atoms with Gasteiger partial charge in [-0.05, 0) is 12.8 Å². The standard InChI is InChI=1S/C13H20N4O2S/c14-11(17-19)13(5-2-1-3-6-13)12(18)15-7-4-10-8-20-9-16-10/h8-9,19H,1-7H2,(H2,14,17)(H,15,18). The number of oxime groups is 1. The minimum atomic E-state index is -0.838. The molecule has 6 nitrogen and oxygen atoms in total. The Morgan fingerprint density at radius 2 is 2.25 bits per heavy atom. The third kappa shape index (κ3) is 3.09. The minimum absolute atomic E-state index is 0.0309. The van der Waals surface area contributed by atoms with Gasteiger partial charge in [-0.1, -0.05) is 24.4 Å². The molecule has 1 aliphatic carbocycles. The molecule has 1 aromatic heterocycles. The highest BCUT2D eigenvalue weighted by Crippen LogP contribution is 2.36. The molecule has 110 valence electrons. The maximum Gasteiger partial charge on any atom is 0.233 e. The molecule has 1 saturated carbocycles. The van der Waals surface area contributed by atoms with Crippen LogP contribution in [0.4, 0.5) is 0 Å². The Hall–Kier alpha value is -1.63. The Bertz CT molecular complexity index is 467. The largest absolute Gasteiger partial charge is 0.409 e. The molecule has 4 N–H and O–H groups in total. The Morgan fingerprint density at radius 3 is 2.85 bits per heavy atom. The van der Waals surface area contributed by atoms with Crippen LogP contribution in [0.5, 0.6) is 0 Å². The van der Waals surface area contributed by atoms with E-state index >= 15 is 0 Å². The van der Waals surface area contributed by atoms with Crippen LogP contribution in [-0.2, 0) is 11.2 Å². The number of nitrogens with zero attached hydrogens (tertiary/aromatic N) is 2. The summed E-state index contributed by atoms with van der Waals surface area (Å²) in [4.78, 5) is 16.6. The van der Waals surface area contributed by atoms with Gasteiger partial charge in [0, 0.05) is 18.3 Å². The number of hydrogen-bond donors (Lipinski definition) is 3. The molecule has 1 amide bonds. The highest BCUT2D eigenvalue weighted by atomic mass is 32.1. The van der Waals surface area contributed by atoms with Gasteiger partial charge in [0.25, 0.3) is 0 Å². The summed E-state index contributed by atoms with van der Waals surface area (Å²) in [5.74, 6) is -0.105. The molecule has 0 aliphatic heterocycles. The number of nitrogens with one attached hydrogen (secondary N) is 1. The lowest BCUT2D eigenvalue weighted by atomic mass is 9.72. The van der Waals surface area contributed by atoms with Crippen LogP contribution in [0.15, 0.2) is 16.0 Å². The molecule has 0 bridgehead atoms. The summed E-state index contributed by atoms with van der Waals surface area (Å²) in [6.07, 6.45) is 4.93. The molecule has 1 heterocycles. The van der Waals surface area contributed by atoms with Gasteiger partial charge in [-0.15, -0.1) is 11.3 Å². The average molecular weight is 296 g/mol. The summed E-state index contributed by atoms with van der Waals surface area (Å²) in [6.45, 7) is 0.517. The SMILES string of the molecule is NC(=NO)C1(C(=O)NCCc2cscn2)CCCCC1. The first kappa shape index (κ1) is 14.8. The van der Waals surface area contributed by atoms with Crippen LogP contribution in [0, 0.1) is 5.41 Å². The second kappa shape index (κ2) is 6.69. The van der Waals surface area contributed by atoms with Crippen LogP contribution in [0.1, 0.15) is 37.8 Å². The van der Waals surface area contributed by atoms with Gasteiger partial charge in [0.15, 0.2) is 5.84 Å². The molecule has 0 radical (unpaired) electrons. The van der Waals surface area contributed by atoms with Gasteiger partial charge < -0.3 is 16.3 Å². The summed E-state index contributed by atoms with van der Waals surface area (Å²) in [6, 6.07) is 0. The molecule has 0 atom stereocenters. The van der Waals surface area contributed by atoms with Crippen molar-refractivity contribution in [3.05, 3.63) is 16.6 Å². The summed E-state index contributed by atoms with van der Waals surface area (Å²) >= 11 is 1.54. The van der Waals surface area contributed by atoms with Gasteiger partial charge in [0.05, 0.1) is 11.2 Å². The Kier molecular flexibility index (Phi) is 4.94. The van der Waals surface area contributed by atoms with Crippen molar-refractivity contribution in [1.29, 1.82) is 0 Å². The zero-order chi connectivity index (χ0) is 14.4. The zero-order valence-electron chi connectivity index (χ0n) is 11.3. The summed E-state index contributed by atoms with van der Waals surface area (Å²) in [5.41, 5.74) is 7.68. The van der Waals surface area contributed by atoms with E-state index in [0.717, 1.165) is 25.0 Å². The Labute approximate surface area is 122 Å². The van der Waals surface area contributed by atoms with E-state index in [-0.39, 0.29) is 11.7 Å². The number of rotatable bonds is 5. The third-order valence-electron chi connectivity index (χ3n) is 3.89. The van der Waals surface area contributed by atoms with Crippen LogP contribution < -0.4 is 11.1 Å². The number of nitrogens with two attached hydrogens (primary N) is 1. The normalized spacial score (nSPS) is 18.7. The van der Waals surface area contributed by atoms with Gasteiger partial charge in [-0.25, -0.2) is 4.98 Å². The van der Waals surface area contributed by atoms with Crippen LogP contribution in [-0.4, -0.2) is 28.5 Å². The zero-order valence-corrected chi connectivity index (χ0v) is 12.2. The number of amides is 1. The van der Waals surface area contributed by atoms with E-state index < -0.39 is 5.41 Å². The molecule has 0 saturated heterocycles. The third-order valence-corrected chi connectivity index (χ3v) is 4.53. The lowest BCUT2D eigenvalue weighted by Gasteiger charge is -2.34. The number of carbonyl (C=O) groups is 1. The molecule has 7 heteroatoms. The van der Waals surface area contributed by atoms with Crippen LogP contribution in [0.25, 0.3) is 0 Å². The van der Waals surface area contributed by atoms with Gasteiger partial charge >= 0.3 is 0 Å². The summed E-state index contributed by atoms with van der Waals surface area (Å²) < 4.78 is 0. The fraction of sp³-hybridized carbons (Fsp3) is 0.615. The Balaban J connectivity index is 1.96. The molecule has 2 rings (SSSR count). The van der Waals surface area contributed by atoms with E-state index in [2.05, 4.69) is 15.5 Å². The van der Waals surface area contributed by atoms with Crippen LogP contribution >= 0.6 is 11.3 Å². The number of aromatic nitrogens is 1. The molecule has 0 aromatic carbocycles. The van der Waals surface area contributed by atoms with Crippen molar-refractivity contribution in [3.63, 3.8) is 0 Å². The Morgan fingerprint density at radius 1 is 1.50 bits per heavy atom. The monoisotopic (exact) mass is 296 g/mol. The highest BCUT2D eigenvalue weighted by molar-refractivity contribution is 7.07. The van der Waals surface area contributed by atoms with Gasteiger partial charge in [-0.2, -0.15) is 0 Å². The van der Waals surface area contributed by atoms with E-state index in [1.54, 1.807) is 5.51 Å². The van der Waals surface area contributed by atoms with Crippen molar-refractivity contribution in [3.8, 4) is 0 Å². The lowest BCUT2D eigenvalue weighted by Crippen LogP contribution is -2.51. The van der Waals surface area contributed by atoms with E-state index in [0.29, 0.717) is 25.8 Å². The predicted molar refractivity (Wildman–Crippen MR) is 77.8 cm³/mol. The summed E-state index contributed by atoms with van der Waals surface area (Å²) in [5, 5.41) is 16.9. The van der Waals surface area contributed by atoms with Crippen molar-refractivity contribution in [2.24, 2.45) is 16.3 Å². The topological polar surface area (TPSA) is 101 Å². The van der Waals surface area contributed by atoms with E-state index in [1.165, 1.54) is 11.3 Å². The fourth-order valence-corrected chi connectivity index (χ4v) is 3.28. The minimum Gasteiger partial charge on any atom is -0.409 e. The maximum atomic E-state index is 12.4. The van der Waals surface area contributed by atoms with Crippen molar-refractivity contribution in [2.45, 2.75) is 38.5 Å². The molecule has 1 aliphatic rings. The molecule has 1 aromatic rings. The van der Waals surface area contributed by atoms with Crippen molar-refractivity contribution >= 4 is 23.1 Å². The summed E-state index contributed by atoms with van der Waals surface area (Å²) in [7, 11) is 0. The number of carbonyl (C=O) groups excluding carboxylic acids is 1. The first-order valence-electron chi connectivity index (χ1n) is 6.82. The molecule has 20 heavy (non-hydrogen) atoms. The second-order valence-corrected chi connectivity index (χ2v) is 5.83. The average Bonchev–Trinajstić information content (AvgIpc) is 3.00. The van der Waals surface area contributed by atoms with Gasteiger partial charge in [0.2, 0.25) is 5.91 Å². The molecular weight excluding hydrogens is 276 g/mol. The second-order valence-electron chi connectivity index (χ2n) is 5.11. The van der Waals surface area contributed by atoms with Crippen LogP contribution in [0.2, 0.25) is 0 Å². The number of amidine groups is 1. The van der Waals surface area contributed by atoms with Gasteiger partial charge in [0.1, 0.15) is 5.41 Å². The first-order chi connectivity index (χ1) is 9.69. The highest BCUT2D eigenvalue weighted by Gasteiger charge is 2.43. The van der Waals surface area contributed by atoms with Crippen LogP contribution in [0.3, 0.4) is 0 Å². The first-order valence-corrected chi connectivity index (χ1v) is 7.77. The maximum absolute atomic E-state index is 12.4. The molecule has 0 spiro atoms. The fourth-order valence-electron chi connectivity index (χ4n) is 2.68. The van der Waals surface area contributed by atoms with E-state index in [9.17, 15) is 4.79 Å². The molecule has 0 unspecified atom stereocenters. The van der Waals surface area contributed by atoms with Gasteiger partial charge in [-0.3, -0.25) is 4.79 Å². The number of thiazole rings is 1. The molecular formula is C13H20N4O2S.